The predicted molar refractivity (Wildman–Crippen MR) is 88.2 cm³/mol. The van der Waals surface area contributed by atoms with Crippen LogP contribution < -0.4 is 0 Å². The van der Waals surface area contributed by atoms with Gasteiger partial charge < -0.3 is 0 Å². The van der Waals surface area contributed by atoms with Crippen LogP contribution in [0.2, 0.25) is 33.0 Å². The molecule has 0 spiro atoms. The standard InChI is InChI=1S/C12H27Si.3CH3.Sn/c1-4-7-10-13(11-8-5-2)12-9-6-3;;;;/h4-12H2,1-3H3;3*1H3;. The van der Waals surface area contributed by atoms with Gasteiger partial charge in [0.2, 0.25) is 0 Å². The monoisotopic (exact) mass is 364 g/mol. The fraction of sp³-hybridized carbons (Fsp3) is 1.00. The van der Waals surface area contributed by atoms with Gasteiger partial charge in [0.15, 0.2) is 0 Å². The van der Waals surface area contributed by atoms with Gasteiger partial charge in [-0.3, -0.25) is 0 Å². The van der Waals surface area contributed by atoms with Crippen LogP contribution in [0.15, 0.2) is 0 Å². The third kappa shape index (κ3) is 22.6. The van der Waals surface area contributed by atoms with E-state index in [4.69, 9.17) is 0 Å². The van der Waals surface area contributed by atoms with Crippen molar-refractivity contribution in [1.29, 1.82) is 0 Å². The molecule has 0 bridgehead atoms. The van der Waals surface area contributed by atoms with E-state index in [1.165, 1.54) is 38.5 Å². The molecule has 0 atom stereocenters. The van der Waals surface area contributed by atoms with Gasteiger partial charge in [0.1, 0.15) is 0 Å². The molecule has 0 saturated carbocycles. The molecule has 0 aromatic carbocycles. The second-order valence-electron chi connectivity index (χ2n) is 5.56. The van der Waals surface area contributed by atoms with Crippen LogP contribution in [0.1, 0.15) is 59.3 Å². The quantitative estimate of drug-likeness (QED) is 0.425. The van der Waals surface area contributed by atoms with E-state index >= 15 is 0 Å². The third-order valence-corrected chi connectivity index (χ3v) is 5.83. The average molecular weight is 363 g/mol. The van der Waals surface area contributed by atoms with Gasteiger partial charge in [0, 0.05) is 8.80 Å². The first-order chi connectivity index (χ1) is 8.08. The van der Waals surface area contributed by atoms with Crippen molar-refractivity contribution in [2.45, 2.75) is 92.2 Å². The minimum atomic E-state index is -0.543. The zero-order valence-corrected chi connectivity index (χ0v) is 17.2. The summed E-state index contributed by atoms with van der Waals surface area (Å²) in [5.41, 5.74) is 0. The minimum absolute atomic E-state index is 0.0675. The van der Waals surface area contributed by atoms with Gasteiger partial charge in [0.05, 0.1) is 0 Å². The van der Waals surface area contributed by atoms with E-state index in [1.807, 2.05) is 0 Å². The second-order valence-corrected chi connectivity index (χ2v) is 17.1. The van der Waals surface area contributed by atoms with Crippen molar-refractivity contribution in [1.82, 2.24) is 0 Å². The summed E-state index contributed by atoms with van der Waals surface area (Å²) in [5, 5.41) is 0. The second kappa shape index (κ2) is 17.0. The number of rotatable bonds is 9. The van der Waals surface area contributed by atoms with E-state index < -0.39 is 19.8 Å². The first-order valence-corrected chi connectivity index (χ1v) is 18.4. The van der Waals surface area contributed by atoms with E-state index in [9.17, 15) is 0 Å². The summed E-state index contributed by atoms with van der Waals surface area (Å²) in [6.07, 6.45) is 8.65. The molecule has 0 aromatic rings. The Kier molecular flexibility index (Phi) is 20.4. The van der Waals surface area contributed by atoms with Crippen LogP contribution in [0, 0.1) is 0 Å². The maximum atomic E-state index is 2.36. The zero-order chi connectivity index (χ0) is 13.5. The summed E-state index contributed by atoms with van der Waals surface area (Å²) in [7, 11) is 0.0675. The molecule has 2 radical (unpaired) electrons. The van der Waals surface area contributed by atoms with Crippen molar-refractivity contribution in [3.63, 3.8) is 0 Å². The summed E-state index contributed by atoms with van der Waals surface area (Å²) in [4.78, 5) is 7.09. The molecule has 0 aromatic heterocycles. The molecule has 0 aliphatic rings. The van der Waals surface area contributed by atoms with Crippen LogP contribution in [0.5, 0.6) is 0 Å². The molecule has 17 heavy (non-hydrogen) atoms. The molecule has 0 rings (SSSR count). The van der Waals surface area contributed by atoms with Crippen molar-refractivity contribution in [2.24, 2.45) is 0 Å². The van der Waals surface area contributed by atoms with Crippen molar-refractivity contribution >= 4 is 28.6 Å². The van der Waals surface area contributed by atoms with Gasteiger partial charge >= 0.3 is 34.6 Å². The number of hydrogen-bond acceptors (Lipinski definition) is 0. The van der Waals surface area contributed by atoms with Crippen molar-refractivity contribution in [3.8, 4) is 0 Å². The normalized spacial score (nSPS) is 10.6. The van der Waals surface area contributed by atoms with Gasteiger partial charge in [-0.25, -0.2) is 0 Å². The summed E-state index contributed by atoms with van der Waals surface area (Å²) in [6, 6.07) is 4.75. The van der Waals surface area contributed by atoms with Crippen LogP contribution in [0.3, 0.4) is 0 Å². The summed E-state index contributed by atoms with van der Waals surface area (Å²) in [6.45, 7) is 6.96. The fourth-order valence-electron chi connectivity index (χ4n) is 1.66. The molecular weight excluding hydrogens is 327 g/mol. The van der Waals surface area contributed by atoms with E-state index in [-0.39, 0.29) is 8.80 Å². The molecule has 0 aliphatic heterocycles. The van der Waals surface area contributed by atoms with Crippen molar-refractivity contribution in [2.75, 3.05) is 0 Å². The Balaban J connectivity index is 0. The maximum absolute atomic E-state index is 2.36. The molecule has 0 amide bonds. The van der Waals surface area contributed by atoms with Gasteiger partial charge in [0.25, 0.3) is 0 Å². The third-order valence-electron chi connectivity index (χ3n) is 2.65. The van der Waals surface area contributed by atoms with E-state index in [2.05, 4.69) is 35.6 Å². The predicted octanol–water partition coefficient (Wildman–Crippen LogP) is 6.25. The van der Waals surface area contributed by atoms with Crippen LogP contribution in [0.4, 0.5) is 0 Å². The Morgan fingerprint density at radius 2 is 0.882 bits per heavy atom. The summed E-state index contributed by atoms with van der Waals surface area (Å²) < 4.78 is 0. The Hall–Kier alpha value is 1.02. The van der Waals surface area contributed by atoms with Crippen LogP contribution in [-0.4, -0.2) is 28.6 Å². The SMILES string of the molecule is CCCC[Si](CCCC)CCCC.[CH3][Sn]([CH3])[CH3]. The molecule has 0 N–H and O–H groups in total. The van der Waals surface area contributed by atoms with Gasteiger partial charge in [-0.05, 0) is 0 Å². The number of hydrogen-bond donors (Lipinski definition) is 0. The van der Waals surface area contributed by atoms with Gasteiger partial charge in [-0.2, -0.15) is 0 Å². The van der Waals surface area contributed by atoms with Crippen LogP contribution >= 0.6 is 0 Å². The van der Waals surface area contributed by atoms with E-state index in [1.54, 1.807) is 18.1 Å². The molecule has 0 aliphatic carbocycles. The molecule has 2 heteroatoms. The first kappa shape index (κ1) is 20.3. The molecule has 0 fully saturated rings. The van der Waals surface area contributed by atoms with E-state index in [0.717, 1.165) is 0 Å². The molecule has 104 valence electrons. The van der Waals surface area contributed by atoms with Gasteiger partial charge in [-0.1, -0.05) is 77.4 Å². The molecular formula is C15H36SiSn. The average Bonchev–Trinajstić information content (AvgIpc) is 2.27. The van der Waals surface area contributed by atoms with Crippen molar-refractivity contribution < 1.29 is 0 Å². The van der Waals surface area contributed by atoms with Crippen molar-refractivity contribution in [3.05, 3.63) is 0 Å². The molecule has 0 unspecified atom stereocenters. The molecule has 0 heterocycles. The van der Waals surface area contributed by atoms with Crippen LogP contribution in [0.25, 0.3) is 0 Å². The Bertz CT molecular complexity index is 104. The molecule has 0 saturated heterocycles. The Morgan fingerprint density at radius 3 is 1.06 bits per heavy atom. The van der Waals surface area contributed by atoms with Gasteiger partial charge in [-0.15, -0.1) is 0 Å². The van der Waals surface area contributed by atoms with Crippen LogP contribution in [-0.2, 0) is 0 Å². The Labute approximate surface area is 120 Å². The Morgan fingerprint density at radius 1 is 0.647 bits per heavy atom. The number of unbranched alkanes of at least 4 members (excludes halogenated alkanes) is 3. The van der Waals surface area contributed by atoms with E-state index in [0.29, 0.717) is 0 Å². The fourth-order valence-corrected chi connectivity index (χ4v) is 4.97. The summed E-state index contributed by atoms with van der Waals surface area (Å²) in [5.74, 6) is 0. The molecule has 0 nitrogen and oxygen atoms in total. The zero-order valence-electron chi connectivity index (χ0n) is 13.4. The first-order valence-electron chi connectivity index (χ1n) is 7.68. The summed E-state index contributed by atoms with van der Waals surface area (Å²) >= 11 is -0.543. The topological polar surface area (TPSA) is 0 Å².